The summed E-state index contributed by atoms with van der Waals surface area (Å²) in [5.74, 6) is -0.110. The van der Waals surface area contributed by atoms with Crippen molar-refractivity contribution < 1.29 is 4.39 Å². The van der Waals surface area contributed by atoms with E-state index in [1.54, 1.807) is 23.5 Å². The fourth-order valence-electron chi connectivity index (χ4n) is 4.31. The van der Waals surface area contributed by atoms with E-state index in [0.717, 1.165) is 50.1 Å². The maximum atomic E-state index is 14.1. The maximum absolute atomic E-state index is 14.1. The summed E-state index contributed by atoms with van der Waals surface area (Å²) in [5, 5.41) is 1.08. The van der Waals surface area contributed by atoms with Crippen LogP contribution in [0.5, 0.6) is 0 Å². The minimum atomic E-state index is -0.110. The van der Waals surface area contributed by atoms with Gasteiger partial charge in [0, 0.05) is 70.5 Å². The highest BCUT2D eigenvalue weighted by molar-refractivity contribution is 7.15. The van der Waals surface area contributed by atoms with E-state index in [0.29, 0.717) is 6.04 Å². The fourth-order valence-corrected chi connectivity index (χ4v) is 5.18. The maximum Gasteiger partial charge on any atom is 0.185 e. The predicted molar refractivity (Wildman–Crippen MR) is 115 cm³/mol. The molecule has 0 saturated carbocycles. The van der Waals surface area contributed by atoms with Gasteiger partial charge in [-0.1, -0.05) is 12.1 Å². The van der Waals surface area contributed by atoms with E-state index in [2.05, 4.69) is 24.6 Å². The first-order chi connectivity index (χ1) is 13.6. The number of piperidine rings is 1. The number of piperazine rings is 1. The number of likely N-dealkylation sites (tertiary alicyclic amines) is 1. The van der Waals surface area contributed by atoms with Gasteiger partial charge in [-0.05, 0) is 31.5 Å². The van der Waals surface area contributed by atoms with Crippen molar-refractivity contribution in [2.45, 2.75) is 25.4 Å². The number of benzene rings is 1. The minimum absolute atomic E-state index is 0.110. The third-order valence-electron chi connectivity index (χ3n) is 5.81. The molecule has 1 atom stereocenters. The van der Waals surface area contributed by atoms with Gasteiger partial charge in [0.05, 0.1) is 5.69 Å². The van der Waals surface area contributed by atoms with Crippen molar-refractivity contribution in [2.24, 2.45) is 0 Å². The van der Waals surface area contributed by atoms with Gasteiger partial charge in [-0.15, -0.1) is 11.3 Å². The number of hydrogen-bond donors (Lipinski definition) is 0. The zero-order valence-electron chi connectivity index (χ0n) is 16.9. The molecule has 0 spiro atoms. The van der Waals surface area contributed by atoms with Crippen LogP contribution in [0.3, 0.4) is 0 Å². The first-order valence-corrected chi connectivity index (χ1v) is 11.0. The van der Waals surface area contributed by atoms with E-state index in [-0.39, 0.29) is 5.82 Å². The van der Waals surface area contributed by atoms with Crippen molar-refractivity contribution in [3.63, 3.8) is 0 Å². The lowest BCUT2D eigenvalue weighted by atomic mass is 10.0. The summed E-state index contributed by atoms with van der Waals surface area (Å²) < 4.78 is 14.1. The van der Waals surface area contributed by atoms with Crippen LogP contribution in [0.4, 0.5) is 15.2 Å². The average Bonchev–Trinajstić information content (AvgIpc) is 3.18. The molecule has 0 N–H and O–H groups in total. The van der Waals surface area contributed by atoms with Crippen LogP contribution < -0.4 is 9.80 Å². The monoisotopic (exact) mass is 403 g/mol. The third kappa shape index (κ3) is 4.47. The van der Waals surface area contributed by atoms with Crippen LogP contribution in [0.15, 0.2) is 30.5 Å². The van der Waals surface area contributed by atoms with Crippen LogP contribution in [-0.2, 0) is 6.54 Å². The molecule has 2 saturated heterocycles. The summed E-state index contributed by atoms with van der Waals surface area (Å²) in [7, 11) is 4.08. The average molecular weight is 404 g/mol. The fraction of sp³-hybridized carbons (Fsp3) is 0.571. The Morgan fingerprint density at radius 1 is 1.14 bits per heavy atom. The number of anilines is 2. The lowest BCUT2D eigenvalue weighted by Gasteiger charge is -2.44. The second kappa shape index (κ2) is 8.76. The molecule has 4 rings (SSSR count). The van der Waals surface area contributed by atoms with Crippen LogP contribution in [0.25, 0.3) is 0 Å². The molecule has 0 aliphatic carbocycles. The molecule has 28 heavy (non-hydrogen) atoms. The first kappa shape index (κ1) is 19.6. The van der Waals surface area contributed by atoms with E-state index in [1.165, 1.54) is 24.3 Å². The Morgan fingerprint density at radius 2 is 1.93 bits per heavy atom. The highest BCUT2D eigenvalue weighted by Gasteiger charge is 2.29. The van der Waals surface area contributed by atoms with E-state index >= 15 is 0 Å². The molecule has 2 aliphatic heterocycles. The van der Waals surface area contributed by atoms with E-state index in [4.69, 9.17) is 0 Å². The van der Waals surface area contributed by atoms with Gasteiger partial charge in [-0.2, -0.15) is 0 Å². The van der Waals surface area contributed by atoms with Crippen molar-refractivity contribution in [3.8, 4) is 0 Å². The molecule has 3 heterocycles. The Balaban J connectivity index is 1.31. The molecule has 5 nitrogen and oxygen atoms in total. The van der Waals surface area contributed by atoms with Crippen molar-refractivity contribution in [1.82, 2.24) is 14.8 Å². The Kier molecular flexibility index (Phi) is 6.13. The largest absolute Gasteiger partial charge is 0.367 e. The summed E-state index contributed by atoms with van der Waals surface area (Å²) >= 11 is 1.79. The second-order valence-electron chi connectivity index (χ2n) is 8.01. The topological polar surface area (TPSA) is 25.9 Å². The van der Waals surface area contributed by atoms with Crippen molar-refractivity contribution in [2.75, 3.05) is 63.2 Å². The first-order valence-electron chi connectivity index (χ1n) is 10.2. The van der Waals surface area contributed by atoms with Crippen LogP contribution >= 0.6 is 11.3 Å². The number of halogens is 1. The molecule has 1 aromatic heterocycles. The Morgan fingerprint density at radius 3 is 2.64 bits per heavy atom. The summed E-state index contributed by atoms with van der Waals surface area (Å²) in [5.41, 5.74) is 0.745. The lowest BCUT2D eigenvalue weighted by molar-refractivity contribution is 0.0892. The van der Waals surface area contributed by atoms with Gasteiger partial charge < -0.3 is 9.80 Å². The van der Waals surface area contributed by atoms with Crippen LogP contribution in [0.2, 0.25) is 0 Å². The molecular formula is C21H30FN5S. The van der Waals surface area contributed by atoms with Gasteiger partial charge in [0.1, 0.15) is 5.82 Å². The van der Waals surface area contributed by atoms with E-state index in [9.17, 15) is 4.39 Å². The molecule has 2 aliphatic rings. The van der Waals surface area contributed by atoms with Crippen LogP contribution in [0, 0.1) is 5.82 Å². The number of para-hydroxylation sites is 1. The van der Waals surface area contributed by atoms with Crippen molar-refractivity contribution in [1.29, 1.82) is 0 Å². The SMILES string of the molecule is CN(C)c1ncc(CN2CCC[C@H](N3CCN(c4ccccc4F)CC3)C2)s1. The third-order valence-corrected chi connectivity index (χ3v) is 6.96. The molecule has 0 radical (unpaired) electrons. The van der Waals surface area contributed by atoms with Crippen LogP contribution in [-0.4, -0.2) is 74.2 Å². The molecule has 2 aromatic rings. The zero-order valence-corrected chi connectivity index (χ0v) is 17.7. The normalized spacial score (nSPS) is 21.8. The minimum Gasteiger partial charge on any atom is -0.367 e. The van der Waals surface area contributed by atoms with Crippen LogP contribution in [0.1, 0.15) is 17.7 Å². The summed E-state index contributed by atoms with van der Waals surface area (Å²) in [4.78, 5) is 15.3. The van der Waals surface area contributed by atoms with E-state index in [1.807, 2.05) is 32.4 Å². The van der Waals surface area contributed by atoms with Gasteiger partial charge in [-0.3, -0.25) is 9.80 Å². The highest BCUT2D eigenvalue weighted by Crippen LogP contribution is 2.26. The van der Waals surface area contributed by atoms with Gasteiger partial charge in [0.15, 0.2) is 5.13 Å². The standard InChI is InChI=1S/C21H30FN5S/c1-24(2)21-23-14-18(28-21)16-25-9-5-6-17(15-25)26-10-12-27(13-11-26)20-8-4-3-7-19(20)22/h3-4,7-8,14,17H,5-6,9-13,15-16H2,1-2H3/t17-/m0/s1. The molecule has 152 valence electrons. The summed E-state index contributed by atoms with van der Waals surface area (Å²) in [6.07, 6.45) is 4.54. The number of nitrogens with zero attached hydrogens (tertiary/aromatic N) is 5. The number of hydrogen-bond acceptors (Lipinski definition) is 6. The summed E-state index contributed by atoms with van der Waals surface area (Å²) in [6.45, 7) is 7.11. The number of aromatic nitrogens is 1. The van der Waals surface area contributed by atoms with E-state index < -0.39 is 0 Å². The Hall–Kier alpha value is -1.70. The molecule has 0 amide bonds. The molecule has 0 bridgehead atoms. The molecule has 7 heteroatoms. The Bertz CT molecular complexity index is 772. The lowest BCUT2D eigenvalue weighted by Crippen LogP contribution is -2.55. The number of rotatable bonds is 5. The molecule has 0 unspecified atom stereocenters. The second-order valence-corrected chi connectivity index (χ2v) is 9.10. The molecular weight excluding hydrogens is 373 g/mol. The van der Waals surface area contributed by atoms with Gasteiger partial charge in [-0.25, -0.2) is 9.37 Å². The molecule has 2 fully saturated rings. The predicted octanol–water partition coefficient (Wildman–Crippen LogP) is 3.13. The summed E-state index contributed by atoms with van der Waals surface area (Å²) in [6, 6.07) is 7.74. The quantitative estimate of drug-likeness (QED) is 0.764. The van der Waals surface area contributed by atoms with Gasteiger partial charge in [0.25, 0.3) is 0 Å². The van der Waals surface area contributed by atoms with Gasteiger partial charge >= 0.3 is 0 Å². The Labute approximate surface area is 171 Å². The van der Waals surface area contributed by atoms with Crippen molar-refractivity contribution >= 4 is 22.2 Å². The molecule has 1 aromatic carbocycles. The highest BCUT2D eigenvalue weighted by atomic mass is 32.1. The van der Waals surface area contributed by atoms with Gasteiger partial charge in [0.2, 0.25) is 0 Å². The number of thiazole rings is 1. The zero-order chi connectivity index (χ0) is 19.5. The van der Waals surface area contributed by atoms with Crippen molar-refractivity contribution in [3.05, 3.63) is 41.2 Å². The smallest absolute Gasteiger partial charge is 0.185 e.